The number of hydrogen-bond donors (Lipinski definition) is 1. The molecule has 0 aromatic carbocycles. The van der Waals surface area contributed by atoms with Crippen molar-refractivity contribution in [3.63, 3.8) is 0 Å². The fourth-order valence-electron chi connectivity index (χ4n) is 5.26. The molecule has 4 atom stereocenters. The number of fused-ring (bicyclic) bond motifs is 1. The summed E-state index contributed by atoms with van der Waals surface area (Å²) in [5.74, 6) is 1.18. The molecule has 0 bridgehead atoms. The number of nitrogens with one attached hydrogen (secondary N) is 1. The lowest BCUT2D eigenvalue weighted by molar-refractivity contribution is -0.130. The molecule has 4 aliphatic rings. The molecule has 142 valence electrons. The number of urea groups is 1. The molecular weight excluding hydrogens is 330 g/mol. The van der Waals surface area contributed by atoms with Crippen LogP contribution in [0.1, 0.15) is 38.5 Å². The molecule has 0 aromatic rings. The number of carbonyl (C=O) groups excluding carboxylic acids is 2. The van der Waals surface area contributed by atoms with Gasteiger partial charge in [0.05, 0.1) is 12.6 Å². The van der Waals surface area contributed by atoms with Crippen LogP contribution in [0, 0.1) is 23.2 Å². The minimum Gasteiger partial charge on any atom is -0.326 e. The van der Waals surface area contributed by atoms with Gasteiger partial charge in [-0.2, -0.15) is 5.26 Å². The van der Waals surface area contributed by atoms with E-state index in [4.69, 9.17) is 5.26 Å². The van der Waals surface area contributed by atoms with Crippen molar-refractivity contribution in [2.24, 2.45) is 11.8 Å². The maximum atomic E-state index is 12.5. The Morgan fingerprint density at radius 2 is 1.69 bits per heavy atom. The van der Waals surface area contributed by atoms with Gasteiger partial charge in [-0.05, 0) is 50.4 Å². The summed E-state index contributed by atoms with van der Waals surface area (Å²) in [4.78, 5) is 30.7. The topological polar surface area (TPSA) is 79.7 Å². The molecule has 0 spiro atoms. The van der Waals surface area contributed by atoms with Gasteiger partial charge in [-0.25, -0.2) is 4.79 Å². The summed E-state index contributed by atoms with van der Waals surface area (Å²) in [5, 5.41) is 12.5. The van der Waals surface area contributed by atoms with E-state index in [1.54, 1.807) is 4.90 Å². The van der Waals surface area contributed by atoms with Crippen LogP contribution in [0.5, 0.6) is 0 Å². The highest BCUT2D eigenvalue weighted by molar-refractivity contribution is 5.79. The summed E-state index contributed by atoms with van der Waals surface area (Å²) < 4.78 is 0. The quantitative estimate of drug-likeness (QED) is 0.816. The molecule has 3 amide bonds. The Labute approximate surface area is 155 Å². The SMILES string of the molecule is N#CC1CCCN1C(=O)CN[C@@H]1C[C@@H]2CN(C(=O)N3CCCC3)C[C@@H]2C1. The third-order valence-corrected chi connectivity index (χ3v) is 6.66. The second kappa shape index (κ2) is 7.43. The molecule has 3 saturated heterocycles. The van der Waals surface area contributed by atoms with Gasteiger partial charge in [-0.15, -0.1) is 0 Å². The average Bonchev–Trinajstić information content (AvgIpc) is 3.42. The van der Waals surface area contributed by atoms with Crippen molar-refractivity contribution in [3.05, 3.63) is 0 Å². The fourth-order valence-corrected chi connectivity index (χ4v) is 5.26. The molecule has 1 aliphatic carbocycles. The lowest BCUT2D eigenvalue weighted by Crippen LogP contribution is -2.44. The van der Waals surface area contributed by atoms with Crippen LogP contribution in [0.25, 0.3) is 0 Å². The monoisotopic (exact) mass is 359 g/mol. The highest BCUT2D eigenvalue weighted by atomic mass is 16.2. The summed E-state index contributed by atoms with van der Waals surface area (Å²) in [6, 6.07) is 2.58. The Hall–Kier alpha value is -1.81. The lowest BCUT2D eigenvalue weighted by atomic mass is 10.0. The van der Waals surface area contributed by atoms with E-state index >= 15 is 0 Å². The van der Waals surface area contributed by atoms with Crippen LogP contribution < -0.4 is 5.32 Å². The summed E-state index contributed by atoms with van der Waals surface area (Å²) >= 11 is 0. The Kier molecular flexibility index (Phi) is 5.03. The summed E-state index contributed by atoms with van der Waals surface area (Å²) in [5.41, 5.74) is 0. The van der Waals surface area contributed by atoms with Crippen LogP contribution >= 0.6 is 0 Å². The zero-order valence-corrected chi connectivity index (χ0v) is 15.4. The summed E-state index contributed by atoms with van der Waals surface area (Å²) in [7, 11) is 0. The smallest absolute Gasteiger partial charge is 0.320 e. The number of carbonyl (C=O) groups is 2. The van der Waals surface area contributed by atoms with Gasteiger partial charge in [0.25, 0.3) is 0 Å². The first kappa shape index (κ1) is 17.6. The first-order valence-corrected chi connectivity index (χ1v) is 10.1. The van der Waals surface area contributed by atoms with Crippen molar-refractivity contribution in [1.82, 2.24) is 20.0 Å². The van der Waals surface area contributed by atoms with E-state index in [0.29, 0.717) is 31.0 Å². The van der Waals surface area contributed by atoms with Gasteiger partial charge >= 0.3 is 6.03 Å². The van der Waals surface area contributed by atoms with Gasteiger partial charge in [0.15, 0.2) is 0 Å². The molecule has 0 aromatic heterocycles. The van der Waals surface area contributed by atoms with Crippen LogP contribution in [0.2, 0.25) is 0 Å². The molecule has 26 heavy (non-hydrogen) atoms. The number of nitriles is 1. The molecule has 3 aliphatic heterocycles. The lowest BCUT2D eigenvalue weighted by Gasteiger charge is -2.25. The van der Waals surface area contributed by atoms with Crippen molar-refractivity contribution in [2.75, 3.05) is 39.3 Å². The van der Waals surface area contributed by atoms with Gasteiger partial charge < -0.3 is 20.0 Å². The van der Waals surface area contributed by atoms with Gasteiger partial charge in [0.1, 0.15) is 6.04 Å². The zero-order chi connectivity index (χ0) is 18.1. The van der Waals surface area contributed by atoms with E-state index < -0.39 is 0 Å². The van der Waals surface area contributed by atoms with Gasteiger partial charge in [-0.3, -0.25) is 4.79 Å². The van der Waals surface area contributed by atoms with Gasteiger partial charge in [0, 0.05) is 38.8 Å². The summed E-state index contributed by atoms with van der Waals surface area (Å²) in [6.45, 7) is 4.61. The van der Waals surface area contributed by atoms with E-state index in [9.17, 15) is 9.59 Å². The first-order chi connectivity index (χ1) is 12.7. The minimum atomic E-state index is -0.239. The first-order valence-electron chi connectivity index (χ1n) is 10.1. The normalized spacial score (nSPS) is 33.6. The maximum Gasteiger partial charge on any atom is 0.320 e. The Morgan fingerprint density at radius 3 is 2.35 bits per heavy atom. The third-order valence-electron chi connectivity index (χ3n) is 6.66. The van der Waals surface area contributed by atoms with Crippen molar-refractivity contribution in [2.45, 2.75) is 50.6 Å². The van der Waals surface area contributed by atoms with Crippen LogP contribution in [0.3, 0.4) is 0 Å². The molecule has 1 saturated carbocycles. The van der Waals surface area contributed by atoms with E-state index in [0.717, 1.165) is 64.7 Å². The van der Waals surface area contributed by atoms with Gasteiger partial charge in [0.2, 0.25) is 5.91 Å². The number of nitrogens with zero attached hydrogens (tertiary/aromatic N) is 4. The largest absolute Gasteiger partial charge is 0.326 e. The minimum absolute atomic E-state index is 0.0527. The Morgan fingerprint density at radius 1 is 1.00 bits per heavy atom. The Bertz CT molecular complexity index is 583. The van der Waals surface area contributed by atoms with E-state index in [-0.39, 0.29) is 18.0 Å². The highest BCUT2D eigenvalue weighted by Crippen LogP contribution is 2.38. The number of rotatable bonds is 3. The number of amides is 3. The maximum absolute atomic E-state index is 12.5. The molecule has 4 rings (SSSR count). The van der Waals surface area contributed by atoms with Crippen molar-refractivity contribution < 1.29 is 9.59 Å². The standard InChI is InChI=1S/C19H29N5O2/c20-10-17-4-3-7-24(17)18(25)11-21-16-8-14-12-23(13-15(14)9-16)19(26)22-5-1-2-6-22/h14-17,21H,1-9,11-13H2/t14-,15+,16-,17?. The van der Waals surface area contributed by atoms with Crippen molar-refractivity contribution >= 4 is 11.9 Å². The average molecular weight is 359 g/mol. The summed E-state index contributed by atoms with van der Waals surface area (Å²) in [6.07, 6.45) is 6.09. The highest BCUT2D eigenvalue weighted by Gasteiger charge is 2.43. The molecular formula is C19H29N5O2. The van der Waals surface area contributed by atoms with Crippen LogP contribution in [-0.2, 0) is 4.79 Å². The zero-order valence-electron chi connectivity index (χ0n) is 15.4. The van der Waals surface area contributed by atoms with Crippen molar-refractivity contribution in [3.8, 4) is 6.07 Å². The molecule has 4 fully saturated rings. The van der Waals surface area contributed by atoms with Crippen LogP contribution in [-0.4, -0.2) is 78.0 Å². The second-order valence-electron chi connectivity index (χ2n) is 8.33. The fraction of sp³-hybridized carbons (Fsp3) is 0.842. The molecule has 1 N–H and O–H groups in total. The van der Waals surface area contributed by atoms with E-state index in [1.165, 1.54) is 0 Å². The van der Waals surface area contributed by atoms with Crippen LogP contribution in [0.15, 0.2) is 0 Å². The molecule has 0 radical (unpaired) electrons. The van der Waals surface area contributed by atoms with E-state index in [1.807, 2.05) is 9.80 Å². The number of hydrogen-bond acceptors (Lipinski definition) is 4. The molecule has 7 nitrogen and oxygen atoms in total. The van der Waals surface area contributed by atoms with Crippen molar-refractivity contribution in [1.29, 1.82) is 5.26 Å². The van der Waals surface area contributed by atoms with Gasteiger partial charge in [-0.1, -0.05) is 0 Å². The van der Waals surface area contributed by atoms with Crippen LogP contribution in [0.4, 0.5) is 4.79 Å². The molecule has 1 unspecified atom stereocenters. The predicted molar refractivity (Wildman–Crippen MR) is 96.1 cm³/mol. The Balaban J connectivity index is 1.22. The second-order valence-corrected chi connectivity index (χ2v) is 8.33. The predicted octanol–water partition coefficient (Wildman–Crippen LogP) is 1.02. The molecule has 3 heterocycles. The van der Waals surface area contributed by atoms with E-state index in [2.05, 4.69) is 11.4 Å². The third kappa shape index (κ3) is 3.39. The molecule has 7 heteroatoms. The number of likely N-dealkylation sites (tertiary alicyclic amines) is 3.